The number of nitrogens with zero attached hydrogens (tertiary/aromatic N) is 1. The van der Waals surface area contributed by atoms with E-state index in [9.17, 15) is 0 Å². The van der Waals surface area contributed by atoms with E-state index < -0.39 is 0 Å². The Morgan fingerprint density at radius 1 is 1.71 bits per heavy atom. The third kappa shape index (κ3) is 5.21. The second-order valence-corrected chi connectivity index (χ2v) is 1.32. The van der Waals surface area contributed by atoms with Crippen LogP contribution in [0.2, 0.25) is 0 Å². The Bertz CT molecular complexity index is 88.3. The van der Waals surface area contributed by atoms with Crippen molar-refractivity contribution in [1.29, 1.82) is 0 Å². The number of hydrogen-bond donors (Lipinski definition) is 1. The number of aliphatic imine (C=N–C) groups is 1. The molecule has 7 heavy (non-hydrogen) atoms. The molecule has 40 valence electrons. The molecule has 0 spiro atoms. The summed E-state index contributed by atoms with van der Waals surface area (Å²) in [4.78, 5) is 3.69. The fraction of sp³-hybridized carbons (Fsp3) is 0.400. The van der Waals surface area contributed by atoms with Gasteiger partial charge in [0.15, 0.2) is 0 Å². The number of allylic oxidation sites excluding steroid dienone is 2. The molecule has 0 saturated heterocycles. The Hall–Kier alpha value is -0.790. The molecule has 0 atom stereocenters. The molecule has 2 heteroatoms. The van der Waals surface area contributed by atoms with E-state index in [4.69, 9.17) is 5.73 Å². The van der Waals surface area contributed by atoms with E-state index in [1.165, 1.54) is 0 Å². The van der Waals surface area contributed by atoms with Crippen LogP contribution in [0.5, 0.6) is 0 Å². The summed E-state index contributed by atoms with van der Waals surface area (Å²) in [6, 6.07) is 0. The highest BCUT2D eigenvalue weighted by atomic mass is 14.6. The Balaban J connectivity index is 3.46. The predicted molar refractivity (Wildman–Crippen MR) is 32.4 cm³/mol. The molecular weight excluding hydrogens is 88.1 g/mol. The highest BCUT2D eigenvalue weighted by Crippen LogP contribution is 1.72. The molecule has 2 nitrogen and oxygen atoms in total. The molecule has 0 fully saturated rings. The second-order valence-electron chi connectivity index (χ2n) is 1.32. The standard InChI is InChI=1S/C5H10N2/c1-5(6)3-4-7-2/h3-4H,6H2,1-2H3/b5-3+,7-4?. The molecule has 0 aliphatic carbocycles. The molecule has 0 aromatic rings. The Kier molecular flexibility index (Phi) is 3.02. The maximum Gasteiger partial charge on any atom is 0.0277 e. The van der Waals surface area contributed by atoms with Gasteiger partial charge >= 0.3 is 0 Å². The first-order valence-electron chi connectivity index (χ1n) is 2.12. The predicted octanol–water partition coefficient (Wildman–Crippen LogP) is 0.550. The highest BCUT2D eigenvalue weighted by Gasteiger charge is 1.66. The van der Waals surface area contributed by atoms with Crippen LogP contribution in [0.25, 0.3) is 0 Å². The van der Waals surface area contributed by atoms with Crippen molar-refractivity contribution in [3.05, 3.63) is 11.8 Å². The van der Waals surface area contributed by atoms with Crippen LogP contribution in [0.4, 0.5) is 0 Å². The van der Waals surface area contributed by atoms with Crippen molar-refractivity contribution in [2.24, 2.45) is 10.7 Å². The van der Waals surface area contributed by atoms with Crippen molar-refractivity contribution < 1.29 is 0 Å². The quantitative estimate of drug-likeness (QED) is 0.478. The lowest BCUT2D eigenvalue weighted by Crippen LogP contribution is -1.89. The zero-order valence-corrected chi connectivity index (χ0v) is 4.68. The van der Waals surface area contributed by atoms with Gasteiger partial charge in [0.1, 0.15) is 0 Å². The number of nitrogens with two attached hydrogens (primary N) is 1. The first kappa shape index (κ1) is 6.21. The van der Waals surface area contributed by atoms with Gasteiger partial charge in [0, 0.05) is 19.0 Å². The highest BCUT2D eigenvalue weighted by molar-refractivity contribution is 5.71. The smallest absolute Gasteiger partial charge is 0.0277 e. The molecule has 0 saturated carbocycles. The van der Waals surface area contributed by atoms with Gasteiger partial charge in [-0.1, -0.05) is 0 Å². The Labute approximate surface area is 43.7 Å². The van der Waals surface area contributed by atoms with Crippen LogP contribution in [0.1, 0.15) is 6.92 Å². The molecule has 0 aromatic carbocycles. The maximum atomic E-state index is 5.25. The van der Waals surface area contributed by atoms with E-state index in [1.807, 2.05) is 6.92 Å². The molecule has 2 N–H and O–H groups in total. The largest absolute Gasteiger partial charge is 0.402 e. The monoisotopic (exact) mass is 98.1 g/mol. The maximum absolute atomic E-state index is 5.25. The zero-order valence-electron chi connectivity index (χ0n) is 4.68. The molecule has 0 bridgehead atoms. The summed E-state index contributed by atoms with van der Waals surface area (Å²) in [6.45, 7) is 1.82. The van der Waals surface area contributed by atoms with Crippen LogP contribution in [0.3, 0.4) is 0 Å². The van der Waals surface area contributed by atoms with Gasteiger partial charge in [0.25, 0.3) is 0 Å². The normalized spacial score (nSPS) is 13.1. The van der Waals surface area contributed by atoms with Crippen LogP contribution in [0.15, 0.2) is 16.8 Å². The van der Waals surface area contributed by atoms with E-state index >= 15 is 0 Å². The first-order chi connectivity index (χ1) is 3.27. The fourth-order valence-electron chi connectivity index (χ4n) is 0.192. The summed E-state index contributed by atoms with van der Waals surface area (Å²) in [5.41, 5.74) is 6.03. The van der Waals surface area contributed by atoms with Gasteiger partial charge in [-0.3, -0.25) is 4.99 Å². The van der Waals surface area contributed by atoms with Crippen molar-refractivity contribution in [3.63, 3.8) is 0 Å². The lowest BCUT2D eigenvalue weighted by atomic mass is 10.5. The Morgan fingerprint density at radius 3 is 2.43 bits per heavy atom. The van der Waals surface area contributed by atoms with Crippen LogP contribution < -0.4 is 5.73 Å². The Morgan fingerprint density at radius 2 is 2.29 bits per heavy atom. The summed E-state index contributed by atoms with van der Waals surface area (Å²) in [7, 11) is 1.71. The minimum Gasteiger partial charge on any atom is -0.402 e. The van der Waals surface area contributed by atoms with Crippen LogP contribution >= 0.6 is 0 Å². The average molecular weight is 98.1 g/mol. The van der Waals surface area contributed by atoms with Gasteiger partial charge in [0.2, 0.25) is 0 Å². The lowest BCUT2D eigenvalue weighted by Gasteiger charge is -1.79. The van der Waals surface area contributed by atoms with Gasteiger partial charge in [-0.15, -0.1) is 0 Å². The summed E-state index contributed by atoms with van der Waals surface area (Å²) >= 11 is 0. The summed E-state index contributed by atoms with van der Waals surface area (Å²) in [5, 5.41) is 0. The minimum absolute atomic E-state index is 0.783. The van der Waals surface area contributed by atoms with E-state index in [1.54, 1.807) is 19.3 Å². The van der Waals surface area contributed by atoms with E-state index in [0.29, 0.717) is 0 Å². The first-order valence-corrected chi connectivity index (χ1v) is 2.12. The van der Waals surface area contributed by atoms with Gasteiger partial charge in [-0.05, 0) is 13.0 Å². The molecule has 0 heterocycles. The molecule has 0 aliphatic rings. The van der Waals surface area contributed by atoms with E-state index in [2.05, 4.69) is 4.99 Å². The van der Waals surface area contributed by atoms with Crippen LogP contribution in [-0.4, -0.2) is 13.3 Å². The van der Waals surface area contributed by atoms with Gasteiger partial charge < -0.3 is 5.73 Å². The lowest BCUT2D eigenvalue weighted by molar-refractivity contribution is 1.32. The molecule has 0 radical (unpaired) electrons. The third-order valence-corrected chi connectivity index (χ3v) is 0.486. The van der Waals surface area contributed by atoms with Crippen molar-refractivity contribution in [2.75, 3.05) is 7.05 Å². The van der Waals surface area contributed by atoms with Gasteiger partial charge in [-0.25, -0.2) is 0 Å². The van der Waals surface area contributed by atoms with Crippen molar-refractivity contribution in [2.45, 2.75) is 6.92 Å². The molecule has 0 amide bonds. The van der Waals surface area contributed by atoms with Crippen molar-refractivity contribution in [3.8, 4) is 0 Å². The second kappa shape index (κ2) is 3.40. The molecule has 0 aliphatic heterocycles. The SMILES string of the molecule is CN=C/C=C(\C)N. The summed E-state index contributed by atoms with van der Waals surface area (Å²) in [5.74, 6) is 0. The van der Waals surface area contributed by atoms with Gasteiger partial charge in [0.05, 0.1) is 0 Å². The van der Waals surface area contributed by atoms with Crippen molar-refractivity contribution in [1.82, 2.24) is 0 Å². The minimum atomic E-state index is 0.783. The number of rotatable bonds is 1. The summed E-state index contributed by atoms with van der Waals surface area (Å²) < 4.78 is 0. The third-order valence-electron chi connectivity index (χ3n) is 0.486. The topological polar surface area (TPSA) is 38.4 Å². The molecule has 0 rings (SSSR count). The van der Waals surface area contributed by atoms with Crippen LogP contribution in [0, 0.1) is 0 Å². The molecule has 0 aromatic heterocycles. The fourth-order valence-corrected chi connectivity index (χ4v) is 0.192. The van der Waals surface area contributed by atoms with E-state index in [0.717, 1.165) is 5.70 Å². The number of hydrogen-bond acceptors (Lipinski definition) is 2. The summed E-state index contributed by atoms with van der Waals surface area (Å²) in [6.07, 6.45) is 3.41. The van der Waals surface area contributed by atoms with E-state index in [-0.39, 0.29) is 0 Å². The molecular formula is C5H10N2. The zero-order chi connectivity index (χ0) is 5.70. The molecule has 0 unspecified atom stereocenters. The van der Waals surface area contributed by atoms with Gasteiger partial charge in [-0.2, -0.15) is 0 Å². The van der Waals surface area contributed by atoms with Crippen molar-refractivity contribution >= 4 is 6.21 Å². The average Bonchev–Trinajstić information content (AvgIpc) is 1.61. The van der Waals surface area contributed by atoms with Crippen LogP contribution in [-0.2, 0) is 0 Å².